The van der Waals surface area contributed by atoms with E-state index in [9.17, 15) is 9.90 Å². The summed E-state index contributed by atoms with van der Waals surface area (Å²) in [6.45, 7) is 4.58. The highest BCUT2D eigenvalue weighted by Crippen LogP contribution is 2.42. The van der Waals surface area contributed by atoms with E-state index >= 15 is 0 Å². The van der Waals surface area contributed by atoms with Crippen LogP contribution in [0.5, 0.6) is 5.75 Å². The van der Waals surface area contributed by atoms with Crippen LogP contribution in [0.25, 0.3) is 0 Å². The number of rotatable bonds is 0. The molecule has 0 radical (unpaired) electrons. The molecule has 0 unspecified atom stereocenters. The number of carbonyl (C=O) groups is 1. The average Bonchev–Trinajstić information content (AvgIpc) is 2.78. The summed E-state index contributed by atoms with van der Waals surface area (Å²) in [5.41, 5.74) is 1.96. The molecule has 128 valence electrons. The minimum atomic E-state index is 0.124. The zero-order valence-electron chi connectivity index (χ0n) is 14.0. The lowest BCUT2D eigenvalue weighted by Gasteiger charge is -2.36. The second kappa shape index (κ2) is 6.44. The van der Waals surface area contributed by atoms with Crippen LogP contribution in [-0.4, -0.2) is 52.8 Å². The number of aromatic hydroxyl groups is 1. The second-order valence-electron chi connectivity index (χ2n) is 6.18. The molecule has 2 aliphatic heterocycles. The van der Waals surface area contributed by atoms with E-state index < -0.39 is 0 Å². The molecule has 1 fully saturated rings. The molecule has 1 saturated heterocycles. The summed E-state index contributed by atoms with van der Waals surface area (Å²) < 4.78 is 0. The van der Waals surface area contributed by atoms with Crippen molar-refractivity contribution in [2.45, 2.75) is 16.7 Å². The van der Waals surface area contributed by atoms with Crippen LogP contribution in [0.15, 0.2) is 57.2 Å². The Bertz CT molecular complexity index is 857. The Hall–Kier alpha value is -2.47. The zero-order valence-corrected chi connectivity index (χ0v) is 14.8. The van der Waals surface area contributed by atoms with Crippen molar-refractivity contribution in [2.24, 2.45) is 4.99 Å². The molecule has 4 rings (SSSR count). The maximum absolute atomic E-state index is 11.6. The van der Waals surface area contributed by atoms with Crippen LogP contribution in [0, 0.1) is 0 Å². The number of benzene rings is 2. The maximum Gasteiger partial charge on any atom is 0.219 e. The zero-order chi connectivity index (χ0) is 17.4. The molecule has 0 bridgehead atoms. The van der Waals surface area contributed by atoms with E-state index in [4.69, 9.17) is 4.99 Å². The fourth-order valence-corrected chi connectivity index (χ4v) is 4.24. The summed E-state index contributed by atoms with van der Waals surface area (Å²) in [6, 6.07) is 13.5. The molecule has 1 N–H and O–H groups in total. The molecule has 2 aliphatic rings. The fourth-order valence-electron chi connectivity index (χ4n) is 3.18. The van der Waals surface area contributed by atoms with Gasteiger partial charge in [-0.3, -0.25) is 4.79 Å². The molecule has 0 spiro atoms. The Balaban J connectivity index is 1.74. The molecule has 5 nitrogen and oxygen atoms in total. The van der Waals surface area contributed by atoms with Crippen molar-refractivity contribution in [2.75, 3.05) is 26.2 Å². The topological polar surface area (TPSA) is 56.1 Å². The number of hydrogen-bond acceptors (Lipinski definition) is 5. The van der Waals surface area contributed by atoms with Crippen LogP contribution in [0.2, 0.25) is 0 Å². The van der Waals surface area contributed by atoms with Gasteiger partial charge in [0, 0.05) is 48.5 Å². The van der Waals surface area contributed by atoms with Gasteiger partial charge in [0.05, 0.1) is 5.69 Å². The molecule has 25 heavy (non-hydrogen) atoms. The van der Waals surface area contributed by atoms with Gasteiger partial charge in [0.25, 0.3) is 0 Å². The largest absolute Gasteiger partial charge is 0.508 e. The van der Waals surface area contributed by atoms with Crippen molar-refractivity contribution in [3.8, 4) is 5.75 Å². The Kier molecular flexibility index (Phi) is 4.13. The highest BCUT2D eigenvalue weighted by molar-refractivity contribution is 7.99. The maximum atomic E-state index is 11.6. The highest BCUT2D eigenvalue weighted by Gasteiger charge is 2.25. The summed E-state index contributed by atoms with van der Waals surface area (Å²) in [5.74, 6) is 1.31. The van der Waals surface area contributed by atoms with Gasteiger partial charge in [0.1, 0.15) is 11.6 Å². The van der Waals surface area contributed by atoms with Gasteiger partial charge in [-0.05, 0) is 24.3 Å². The SMILES string of the molecule is CC(=O)N1CCN(C2=Nc3ccc(O)cc3Sc3ccccc32)CC1. The van der Waals surface area contributed by atoms with Gasteiger partial charge in [-0.15, -0.1) is 0 Å². The summed E-state index contributed by atoms with van der Waals surface area (Å²) >= 11 is 1.62. The van der Waals surface area contributed by atoms with E-state index in [1.807, 2.05) is 23.1 Å². The van der Waals surface area contributed by atoms with E-state index in [1.54, 1.807) is 30.8 Å². The number of nitrogens with zero attached hydrogens (tertiary/aromatic N) is 3. The van der Waals surface area contributed by atoms with Crippen molar-refractivity contribution in [3.63, 3.8) is 0 Å². The van der Waals surface area contributed by atoms with Gasteiger partial charge in [0.2, 0.25) is 5.91 Å². The summed E-state index contributed by atoms with van der Waals surface area (Å²) in [7, 11) is 0. The monoisotopic (exact) mass is 353 g/mol. The van der Waals surface area contributed by atoms with Crippen LogP contribution >= 0.6 is 11.8 Å². The number of amides is 1. The molecule has 2 aromatic rings. The number of fused-ring (bicyclic) bond motifs is 2. The van der Waals surface area contributed by atoms with Crippen molar-refractivity contribution in [1.82, 2.24) is 9.80 Å². The van der Waals surface area contributed by atoms with Gasteiger partial charge in [-0.25, -0.2) is 4.99 Å². The van der Waals surface area contributed by atoms with E-state index in [-0.39, 0.29) is 11.7 Å². The molecule has 1 amide bonds. The smallest absolute Gasteiger partial charge is 0.219 e. The first-order chi connectivity index (χ1) is 12.1. The first-order valence-electron chi connectivity index (χ1n) is 8.31. The van der Waals surface area contributed by atoms with Crippen LogP contribution in [0.3, 0.4) is 0 Å². The number of amidine groups is 1. The lowest BCUT2D eigenvalue weighted by atomic mass is 10.1. The third-order valence-electron chi connectivity index (χ3n) is 4.54. The molecule has 0 atom stereocenters. The molecular weight excluding hydrogens is 334 g/mol. The Morgan fingerprint density at radius 2 is 1.84 bits per heavy atom. The van der Waals surface area contributed by atoms with Crippen molar-refractivity contribution >= 4 is 29.2 Å². The van der Waals surface area contributed by atoms with Gasteiger partial charge in [-0.1, -0.05) is 30.0 Å². The normalized spacial score (nSPS) is 16.6. The number of carbonyl (C=O) groups excluding carboxylic acids is 1. The van der Waals surface area contributed by atoms with Crippen molar-refractivity contribution in [3.05, 3.63) is 48.0 Å². The molecule has 0 aromatic heterocycles. The third kappa shape index (κ3) is 3.09. The van der Waals surface area contributed by atoms with Gasteiger partial charge < -0.3 is 14.9 Å². The van der Waals surface area contributed by atoms with Crippen LogP contribution in [-0.2, 0) is 4.79 Å². The van der Waals surface area contributed by atoms with E-state index in [0.29, 0.717) is 13.1 Å². The minimum absolute atomic E-state index is 0.124. The average molecular weight is 353 g/mol. The minimum Gasteiger partial charge on any atom is -0.508 e. The molecule has 6 heteroatoms. The standard InChI is InChI=1S/C19H19N3O2S/c1-13(23)21-8-10-22(11-9-21)19-15-4-2-3-5-17(15)25-18-12-14(24)6-7-16(18)20-19/h2-7,12,24H,8-11H2,1H3. The number of phenols is 1. The van der Waals surface area contributed by atoms with E-state index in [0.717, 1.165) is 40.0 Å². The van der Waals surface area contributed by atoms with Gasteiger partial charge in [0.15, 0.2) is 0 Å². The number of piperazine rings is 1. The molecule has 0 aliphatic carbocycles. The summed E-state index contributed by atoms with van der Waals surface area (Å²) in [5, 5.41) is 9.81. The lowest BCUT2D eigenvalue weighted by molar-refractivity contribution is -0.130. The molecule has 2 heterocycles. The molecule has 2 aromatic carbocycles. The number of phenolic OH excluding ortho intramolecular Hbond substituents is 1. The first-order valence-corrected chi connectivity index (χ1v) is 9.13. The van der Waals surface area contributed by atoms with Crippen LogP contribution in [0.4, 0.5) is 5.69 Å². The highest BCUT2D eigenvalue weighted by atomic mass is 32.2. The Morgan fingerprint density at radius 1 is 1.08 bits per heavy atom. The van der Waals surface area contributed by atoms with E-state index in [2.05, 4.69) is 17.0 Å². The van der Waals surface area contributed by atoms with Gasteiger partial charge in [-0.2, -0.15) is 0 Å². The summed E-state index contributed by atoms with van der Waals surface area (Å²) in [6.07, 6.45) is 0. The number of aliphatic imine (C=N–C) groups is 1. The van der Waals surface area contributed by atoms with Crippen molar-refractivity contribution in [1.29, 1.82) is 0 Å². The number of hydrogen-bond donors (Lipinski definition) is 1. The quantitative estimate of drug-likeness (QED) is 0.791. The predicted octanol–water partition coefficient (Wildman–Crippen LogP) is 3.10. The fraction of sp³-hybridized carbons (Fsp3) is 0.263. The Morgan fingerprint density at radius 3 is 2.60 bits per heavy atom. The third-order valence-corrected chi connectivity index (χ3v) is 5.66. The van der Waals surface area contributed by atoms with Crippen LogP contribution in [0.1, 0.15) is 12.5 Å². The Labute approximate surface area is 151 Å². The lowest BCUT2D eigenvalue weighted by Crippen LogP contribution is -2.50. The second-order valence-corrected chi connectivity index (χ2v) is 7.26. The molecule has 0 saturated carbocycles. The van der Waals surface area contributed by atoms with Crippen LogP contribution < -0.4 is 0 Å². The van der Waals surface area contributed by atoms with Crippen molar-refractivity contribution < 1.29 is 9.90 Å². The molecular formula is C19H19N3O2S. The predicted molar refractivity (Wildman–Crippen MR) is 98.7 cm³/mol. The van der Waals surface area contributed by atoms with Gasteiger partial charge >= 0.3 is 0 Å². The first kappa shape index (κ1) is 16.0. The summed E-state index contributed by atoms with van der Waals surface area (Å²) in [4.78, 5) is 22.7. The van der Waals surface area contributed by atoms with E-state index in [1.165, 1.54) is 0 Å².